The minimum absolute atomic E-state index is 0.0845. The van der Waals surface area contributed by atoms with E-state index in [9.17, 15) is 9.59 Å². The average molecular weight is 296 g/mol. The van der Waals surface area contributed by atoms with Crippen LogP contribution in [0.25, 0.3) is 0 Å². The Morgan fingerprint density at radius 3 is 2.52 bits per heavy atom. The topological polar surface area (TPSA) is 70.4 Å². The molecule has 6 heteroatoms. The van der Waals surface area contributed by atoms with Crippen molar-refractivity contribution in [2.24, 2.45) is 5.92 Å². The van der Waals surface area contributed by atoms with Crippen LogP contribution in [-0.4, -0.2) is 29.0 Å². The first-order valence-corrected chi connectivity index (χ1v) is 7.25. The van der Waals surface area contributed by atoms with E-state index >= 15 is 0 Å². The van der Waals surface area contributed by atoms with Crippen LogP contribution in [0.2, 0.25) is 0 Å². The third-order valence-electron chi connectivity index (χ3n) is 2.69. The van der Waals surface area contributed by atoms with Gasteiger partial charge in [0.15, 0.2) is 0 Å². The first-order valence-electron chi connectivity index (χ1n) is 7.25. The second-order valence-corrected chi connectivity index (χ2v) is 5.55. The molecule has 0 aromatic carbocycles. The molecule has 0 spiro atoms. The SMILES string of the molecule is CCOC(=O)Cn1nc(C(C)C)c(OCC(C)C)cc1=O. The molecule has 0 saturated carbocycles. The van der Waals surface area contributed by atoms with E-state index in [1.54, 1.807) is 6.92 Å². The molecule has 0 amide bonds. The molecular weight excluding hydrogens is 272 g/mol. The number of hydrogen-bond acceptors (Lipinski definition) is 5. The van der Waals surface area contributed by atoms with Gasteiger partial charge in [0.2, 0.25) is 0 Å². The highest BCUT2D eigenvalue weighted by atomic mass is 16.5. The Labute approximate surface area is 125 Å². The van der Waals surface area contributed by atoms with E-state index in [0.717, 1.165) is 4.68 Å². The molecular formula is C15H24N2O4. The average Bonchev–Trinajstić information content (AvgIpc) is 2.38. The highest BCUT2D eigenvalue weighted by Crippen LogP contribution is 2.22. The Hall–Kier alpha value is -1.85. The molecule has 0 bridgehead atoms. The molecule has 1 heterocycles. The Bertz CT molecular complexity index is 535. The van der Waals surface area contributed by atoms with Crippen LogP contribution >= 0.6 is 0 Å². The van der Waals surface area contributed by atoms with Gasteiger partial charge in [0.25, 0.3) is 5.56 Å². The van der Waals surface area contributed by atoms with Crippen molar-refractivity contribution in [3.63, 3.8) is 0 Å². The Kier molecular flexibility index (Phi) is 6.39. The molecule has 0 aliphatic rings. The zero-order valence-electron chi connectivity index (χ0n) is 13.4. The van der Waals surface area contributed by atoms with Crippen LogP contribution < -0.4 is 10.3 Å². The van der Waals surface area contributed by atoms with Crippen LogP contribution in [0, 0.1) is 5.92 Å². The van der Waals surface area contributed by atoms with Crippen molar-refractivity contribution in [1.29, 1.82) is 0 Å². The van der Waals surface area contributed by atoms with Crippen LogP contribution in [0.1, 0.15) is 46.2 Å². The number of aromatic nitrogens is 2. The fourth-order valence-corrected chi connectivity index (χ4v) is 1.70. The first-order chi connectivity index (χ1) is 9.85. The smallest absolute Gasteiger partial charge is 0.327 e. The first kappa shape index (κ1) is 17.2. The van der Waals surface area contributed by atoms with Gasteiger partial charge in [-0.3, -0.25) is 9.59 Å². The summed E-state index contributed by atoms with van der Waals surface area (Å²) in [4.78, 5) is 23.5. The van der Waals surface area contributed by atoms with Crippen molar-refractivity contribution in [2.75, 3.05) is 13.2 Å². The van der Waals surface area contributed by atoms with Gasteiger partial charge in [0, 0.05) is 12.0 Å². The minimum Gasteiger partial charge on any atom is -0.491 e. The Morgan fingerprint density at radius 2 is 2.00 bits per heavy atom. The van der Waals surface area contributed by atoms with Gasteiger partial charge in [-0.15, -0.1) is 0 Å². The molecule has 1 aromatic heterocycles. The van der Waals surface area contributed by atoms with Crippen molar-refractivity contribution < 1.29 is 14.3 Å². The van der Waals surface area contributed by atoms with E-state index in [2.05, 4.69) is 5.10 Å². The quantitative estimate of drug-likeness (QED) is 0.719. The second kappa shape index (κ2) is 7.81. The molecule has 0 saturated heterocycles. The summed E-state index contributed by atoms with van der Waals surface area (Å²) in [6.45, 7) is 10.3. The van der Waals surface area contributed by atoms with Crippen LogP contribution in [0.4, 0.5) is 0 Å². The number of carbonyl (C=O) groups is 1. The highest BCUT2D eigenvalue weighted by Gasteiger charge is 2.16. The van der Waals surface area contributed by atoms with E-state index in [4.69, 9.17) is 9.47 Å². The monoisotopic (exact) mass is 296 g/mol. The maximum Gasteiger partial charge on any atom is 0.327 e. The summed E-state index contributed by atoms with van der Waals surface area (Å²) in [6, 6.07) is 1.39. The molecule has 0 fully saturated rings. The summed E-state index contributed by atoms with van der Waals surface area (Å²) in [6.07, 6.45) is 0. The zero-order valence-corrected chi connectivity index (χ0v) is 13.4. The lowest BCUT2D eigenvalue weighted by Gasteiger charge is -2.15. The van der Waals surface area contributed by atoms with Gasteiger partial charge in [-0.25, -0.2) is 4.68 Å². The molecule has 1 aromatic rings. The summed E-state index contributed by atoms with van der Waals surface area (Å²) in [5, 5.41) is 4.25. The van der Waals surface area contributed by atoms with Crippen molar-refractivity contribution in [3.8, 4) is 5.75 Å². The molecule has 1 rings (SSSR count). The van der Waals surface area contributed by atoms with Crippen LogP contribution in [0.3, 0.4) is 0 Å². The molecule has 21 heavy (non-hydrogen) atoms. The van der Waals surface area contributed by atoms with Gasteiger partial charge in [-0.05, 0) is 12.8 Å². The standard InChI is InChI=1S/C15H24N2O4/c1-6-20-14(19)8-17-13(18)7-12(21-9-10(2)3)15(16-17)11(4)5/h7,10-11H,6,8-9H2,1-5H3. The molecule has 0 unspecified atom stereocenters. The second-order valence-electron chi connectivity index (χ2n) is 5.55. The number of ether oxygens (including phenoxy) is 2. The maximum atomic E-state index is 12.0. The lowest BCUT2D eigenvalue weighted by Crippen LogP contribution is -2.29. The summed E-state index contributed by atoms with van der Waals surface area (Å²) >= 11 is 0. The van der Waals surface area contributed by atoms with Gasteiger partial charge < -0.3 is 9.47 Å². The molecule has 0 radical (unpaired) electrons. The van der Waals surface area contributed by atoms with Gasteiger partial charge >= 0.3 is 5.97 Å². The molecule has 6 nitrogen and oxygen atoms in total. The van der Waals surface area contributed by atoms with Gasteiger partial charge in [0.1, 0.15) is 18.0 Å². The minimum atomic E-state index is -0.474. The van der Waals surface area contributed by atoms with E-state index in [1.807, 2.05) is 27.7 Å². The third-order valence-corrected chi connectivity index (χ3v) is 2.69. The molecule has 118 valence electrons. The summed E-state index contributed by atoms with van der Waals surface area (Å²) in [5.74, 6) is 0.453. The Balaban J connectivity index is 3.06. The Morgan fingerprint density at radius 1 is 1.33 bits per heavy atom. The zero-order chi connectivity index (χ0) is 16.0. The highest BCUT2D eigenvalue weighted by molar-refractivity contribution is 5.68. The van der Waals surface area contributed by atoms with E-state index in [0.29, 0.717) is 24.0 Å². The predicted octanol–water partition coefficient (Wildman–Crippen LogP) is 1.96. The molecule has 0 aliphatic carbocycles. The van der Waals surface area contributed by atoms with E-state index in [-0.39, 0.29) is 24.6 Å². The van der Waals surface area contributed by atoms with Gasteiger partial charge in [0.05, 0.1) is 13.2 Å². The maximum absolute atomic E-state index is 12.0. The summed E-state index contributed by atoms with van der Waals surface area (Å²) in [5.41, 5.74) is 0.297. The summed E-state index contributed by atoms with van der Waals surface area (Å²) < 4.78 is 11.6. The van der Waals surface area contributed by atoms with Gasteiger partial charge in [-0.1, -0.05) is 27.7 Å². The third kappa shape index (κ3) is 5.21. The lowest BCUT2D eigenvalue weighted by atomic mass is 10.1. The normalized spacial score (nSPS) is 11.0. The van der Waals surface area contributed by atoms with Crippen LogP contribution in [0.15, 0.2) is 10.9 Å². The number of esters is 1. The van der Waals surface area contributed by atoms with Crippen molar-refractivity contribution in [2.45, 2.75) is 47.1 Å². The largest absolute Gasteiger partial charge is 0.491 e. The van der Waals surface area contributed by atoms with E-state index in [1.165, 1.54) is 6.07 Å². The van der Waals surface area contributed by atoms with Crippen molar-refractivity contribution in [1.82, 2.24) is 9.78 Å². The number of rotatable bonds is 7. The van der Waals surface area contributed by atoms with Crippen LogP contribution in [0.5, 0.6) is 5.75 Å². The molecule has 0 N–H and O–H groups in total. The van der Waals surface area contributed by atoms with Crippen molar-refractivity contribution >= 4 is 5.97 Å². The van der Waals surface area contributed by atoms with Crippen molar-refractivity contribution in [3.05, 3.63) is 22.1 Å². The lowest BCUT2D eigenvalue weighted by molar-refractivity contribution is -0.144. The van der Waals surface area contributed by atoms with Gasteiger partial charge in [-0.2, -0.15) is 5.10 Å². The fraction of sp³-hybridized carbons (Fsp3) is 0.667. The fourth-order valence-electron chi connectivity index (χ4n) is 1.70. The summed E-state index contributed by atoms with van der Waals surface area (Å²) in [7, 11) is 0. The number of hydrogen-bond donors (Lipinski definition) is 0. The van der Waals surface area contributed by atoms with Crippen LogP contribution in [-0.2, 0) is 16.1 Å². The molecule has 0 aliphatic heterocycles. The van der Waals surface area contributed by atoms with E-state index < -0.39 is 5.97 Å². The number of nitrogens with zero attached hydrogens (tertiary/aromatic N) is 2. The predicted molar refractivity (Wildman–Crippen MR) is 79.6 cm³/mol. The molecule has 0 atom stereocenters. The number of carbonyl (C=O) groups excluding carboxylic acids is 1.